The third-order valence-corrected chi connectivity index (χ3v) is 3.79. The summed E-state index contributed by atoms with van der Waals surface area (Å²) in [6, 6.07) is 20.8. The summed E-state index contributed by atoms with van der Waals surface area (Å²) in [5.74, 6) is -0.303. The van der Waals surface area contributed by atoms with E-state index in [-0.39, 0.29) is 0 Å². The van der Waals surface area contributed by atoms with Crippen LogP contribution in [-0.4, -0.2) is 22.9 Å². The molecule has 1 atom stereocenters. The van der Waals surface area contributed by atoms with Crippen LogP contribution in [0.15, 0.2) is 72.9 Å². The third-order valence-electron chi connectivity index (χ3n) is 3.79. The maximum atomic E-state index is 12.0. The molecule has 2 amide bonds. The van der Waals surface area contributed by atoms with E-state index in [0.717, 1.165) is 11.1 Å². The van der Waals surface area contributed by atoms with Crippen molar-refractivity contribution in [2.45, 2.75) is 13.0 Å². The summed E-state index contributed by atoms with van der Waals surface area (Å²) in [7, 11) is 0. The molecule has 0 bridgehead atoms. The monoisotopic (exact) mass is 349 g/mol. The van der Waals surface area contributed by atoms with Gasteiger partial charge in [-0.15, -0.1) is 0 Å². The van der Waals surface area contributed by atoms with E-state index in [0.29, 0.717) is 11.4 Å². The number of aromatic nitrogens is 1. The molecule has 2 aromatic carbocycles. The lowest BCUT2D eigenvalue weighted by atomic mass is 10.1. The van der Waals surface area contributed by atoms with Gasteiger partial charge < -0.3 is 9.72 Å². The molecule has 1 aromatic heterocycles. The Morgan fingerprint density at radius 1 is 0.885 bits per heavy atom. The number of carbonyl (C=O) groups is 2. The van der Waals surface area contributed by atoms with Gasteiger partial charge in [-0.2, -0.15) is 0 Å². The highest BCUT2D eigenvalue weighted by Gasteiger charge is 2.16. The second-order valence-corrected chi connectivity index (χ2v) is 5.68. The average molecular weight is 349 g/mol. The van der Waals surface area contributed by atoms with Crippen LogP contribution in [-0.2, 0) is 4.79 Å². The zero-order valence-corrected chi connectivity index (χ0v) is 14.2. The summed E-state index contributed by atoms with van der Waals surface area (Å²) in [5, 5.41) is 0. The maximum Gasteiger partial charge on any atom is 0.286 e. The van der Waals surface area contributed by atoms with Crippen molar-refractivity contribution < 1.29 is 14.3 Å². The van der Waals surface area contributed by atoms with Crippen molar-refractivity contribution in [3.05, 3.63) is 78.6 Å². The second-order valence-electron chi connectivity index (χ2n) is 5.68. The largest absolute Gasteiger partial charge is 0.481 e. The quantitative estimate of drug-likeness (QED) is 0.619. The van der Waals surface area contributed by atoms with Crippen LogP contribution in [0.25, 0.3) is 11.1 Å². The number of hydrogen-bond acceptors (Lipinski definition) is 3. The van der Waals surface area contributed by atoms with Crippen molar-refractivity contribution in [1.29, 1.82) is 0 Å². The molecule has 0 aliphatic carbocycles. The van der Waals surface area contributed by atoms with E-state index in [9.17, 15) is 9.59 Å². The van der Waals surface area contributed by atoms with E-state index in [1.165, 1.54) is 0 Å². The molecule has 0 aliphatic rings. The van der Waals surface area contributed by atoms with E-state index >= 15 is 0 Å². The van der Waals surface area contributed by atoms with Gasteiger partial charge in [0.05, 0.1) is 0 Å². The van der Waals surface area contributed by atoms with Gasteiger partial charge in [0.2, 0.25) is 0 Å². The molecule has 6 nitrogen and oxygen atoms in total. The van der Waals surface area contributed by atoms with E-state index in [1.807, 2.05) is 54.6 Å². The molecule has 132 valence electrons. The Bertz CT molecular complexity index is 859. The van der Waals surface area contributed by atoms with Crippen molar-refractivity contribution >= 4 is 11.8 Å². The predicted octanol–water partition coefficient (Wildman–Crippen LogP) is 2.91. The Balaban J connectivity index is 1.53. The van der Waals surface area contributed by atoms with Crippen LogP contribution in [0.5, 0.6) is 5.75 Å². The Morgan fingerprint density at radius 2 is 1.58 bits per heavy atom. The summed E-state index contributed by atoms with van der Waals surface area (Å²) < 4.78 is 5.62. The molecule has 0 radical (unpaired) electrons. The van der Waals surface area contributed by atoms with Gasteiger partial charge in [-0.05, 0) is 42.3 Å². The molecule has 3 aromatic rings. The maximum absolute atomic E-state index is 12.0. The fourth-order valence-electron chi connectivity index (χ4n) is 2.37. The molecular weight excluding hydrogens is 330 g/mol. The smallest absolute Gasteiger partial charge is 0.286 e. The van der Waals surface area contributed by atoms with Gasteiger partial charge >= 0.3 is 0 Å². The highest BCUT2D eigenvalue weighted by atomic mass is 16.5. The number of hydrazine groups is 1. The minimum atomic E-state index is -0.762. The lowest BCUT2D eigenvalue weighted by Gasteiger charge is -2.15. The molecule has 0 fully saturated rings. The average Bonchev–Trinajstić information content (AvgIpc) is 3.22. The molecule has 0 saturated carbocycles. The first kappa shape index (κ1) is 17.3. The number of H-pyrrole nitrogens is 1. The predicted molar refractivity (Wildman–Crippen MR) is 98.4 cm³/mol. The van der Waals surface area contributed by atoms with Crippen LogP contribution < -0.4 is 15.6 Å². The van der Waals surface area contributed by atoms with Crippen molar-refractivity contribution in [3.8, 4) is 16.9 Å². The van der Waals surface area contributed by atoms with Crippen LogP contribution in [0.2, 0.25) is 0 Å². The lowest BCUT2D eigenvalue weighted by Crippen LogP contribution is -2.47. The van der Waals surface area contributed by atoms with Gasteiger partial charge in [0.15, 0.2) is 6.10 Å². The zero-order chi connectivity index (χ0) is 18.4. The molecule has 1 heterocycles. The van der Waals surface area contributed by atoms with Crippen molar-refractivity contribution in [2.75, 3.05) is 0 Å². The first-order chi connectivity index (χ1) is 12.6. The molecule has 0 spiro atoms. The van der Waals surface area contributed by atoms with Crippen molar-refractivity contribution in [3.63, 3.8) is 0 Å². The fraction of sp³-hybridized carbons (Fsp3) is 0.100. The minimum absolute atomic E-state index is 0.357. The summed E-state index contributed by atoms with van der Waals surface area (Å²) in [4.78, 5) is 26.6. The number of hydrogen-bond donors (Lipinski definition) is 3. The van der Waals surface area contributed by atoms with Crippen LogP contribution in [0.1, 0.15) is 17.4 Å². The minimum Gasteiger partial charge on any atom is -0.481 e. The highest BCUT2D eigenvalue weighted by molar-refractivity contribution is 5.94. The highest BCUT2D eigenvalue weighted by Crippen LogP contribution is 2.22. The molecule has 0 saturated heterocycles. The molecule has 3 rings (SSSR count). The Hall–Kier alpha value is -3.54. The molecule has 26 heavy (non-hydrogen) atoms. The zero-order valence-electron chi connectivity index (χ0n) is 14.2. The topological polar surface area (TPSA) is 83.2 Å². The summed E-state index contributed by atoms with van der Waals surface area (Å²) in [6.07, 6.45) is 0.864. The Labute approximate surface area is 151 Å². The summed E-state index contributed by atoms with van der Waals surface area (Å²) >= 11 is 0. The molecule has 1 unspecified atom stereocenters. The van der Waals surface area contributed by atoms with Crippen molar-refractivity contribution in [2.24, 2.45) is 0 Å². The first-order valence-electron chi connectivity index (χ1n) is 8.19. The normalized spacial score (nSPS) is 11.4. The number of aromatic amines is 1. The molecule has 6 heteroatoms. The number of ether oxygens (including phenoxy) is 1. The van der Waals surface area contributed by atoms with Gasteiger partial charge in [-0.25, -0.2) is 0 Å². The number of rotatable bonds is 5. The summed E-state index contributed by atoms with van der Waals surface area (Å²) in [6.45, 7) is 1.61. The number of amides is 2. The molecular formula is C20H19N3O3. The van der Waals surface area contributed by atoms with Gasteiger partial charge in [0.25, 0.3) is 11.8 Å². The Kier molecular flexibility index (Phi) is 5.34. The van der Waals surface area contributed by atoms with Crippen LogP contribution in [0.4, 0.5) is 0 Å². The van der Waals surface area contributed by atoms with Gasteiger partial charge in [-0.1, -0.05) is 42.5 Å². The van der Waals surface area contributed by atoms with Gasteiger partial charge in [-0.3, -0.25) is 20.4 Å². The number of carbonyl (C=O) groups excluding carboxylic acids is 2. The van der Waals surface area contributed by atoms with E-state index in [2.05, 4.69) is 15.8 Å². The SMILES string of the molecule is CC(Oc1ccc(-c2ccccc2)cc1)C(=O)NNC(=O)c1ccc[nH]1. The lowest BCUT2D eigenvalue weighted by molar-refractivity contribution is -0.128. The van der Waals surface area contributed by atoms with Crippen LogP contribution in [0, 0.1) is 0 Å². The van der Waals surface area contributed by atoms with Crippen LogP contribution in [0.3, 0.4) is 0 Å². The second kappa shape index (κ2) is 8.02. The van der Waals surface area contributed by atoms with Gasteiger partial charge in [0, 0.05) is 6.20 Å². The third kappa shape index (κ3) is 4.30. The number of benzene rings is 2. The van der Waals surface area contributed by atoms with E-state index < -0.39 is 17.9 Å². The van der Waals surface area contributed by atoms with E-state index in [1.54, 1.807) is 25.3 Å². The standard InChI is InChI=1S/C20H19N3O3/c1-14(19(24)22-23-20(25)18-8-5-13-21-18)26-17-11-9-16(10-12-17)15-6-3-2-4-7-15/h2-14,21H,1H3,(H,22,24)(H,23,25). The summed E-state index contributed by atoms with van der Waals surface area (Å²) in [5.41, 5.74) is 7.21. The van der Waals surface area contributed by atoms with Crippen molar-refractivity contribution in [1.82, 2.24) is 15.8 Å². The van der Waals surface area contributed by atoms with E-state index in [4.69, 9.17) is 4.74 Å². The first-order valence-corrected chi connectivity index (χ1v) is 8.19. The Morgan fingerprint density at radius 3 is 2.23 bits per heavy atom. The molecule has 0 aliphatic heterocycles. The van der Waals surface area contributed by atoms with Gasteiger partial charge in [0.1, 0.15) is 11.4 Å². The number of nitrogens with one attached hydrogen (secondary N) is 3. The van der Waals surface area contributed by atoms with Crippen LogP contribution >= 0.6 is 0 Å². The fourth-order valence-corrected chi connectivity index (χ4v) is 2.37. The molecule has 3 N–H and O–H groups in total.